The van der Waals surface area contributed by atoms with Crippen molar-refractivity contribution in [3.8, 4) is 12.3 Å². The van der Waals surface area contributed by atoms with E-state index >= 15 is 0 Å². The minimum Gasteiger partial charge on any atom is -0.380 e. The van der Waals surface area contributed by atoms with Gasteiger partial charge in [-0.25, -0.2) is 0 Å². The first-order valence-electron chi connectivity index (χ1n) is 9.74. The van der Waals surface area contributed by atoms with Crippen molar-refractivity contribution in [2.24, 2.45) is 11.7 Å². The van der Waals surface area contributed by atoms with Crippen LogP contribution in [0.2, 0.25) is 0 Å². The lowest BCUT2D eigenvalue weighted by atomic mass is 9.86. The van der Waals surface area contributed by atoms with Crippen molar-refractivity contribution < 1.29 is 22.8 Å². The van der Waals surface area contributed by atoms with E-state index in [9.17, 15) is 22.8 Å². The summed E-state index contributed by atoms with van der Waals surface area (Å²) in [5.41, 5.74) is 8.17. The van der Waals surface area contributed by atoms with Crippen LogP contribution in [-0.2, 0) is 17.6 Å². The lowest BCUT2D eigenvalue weighted by Gasteiger charge is -2.25. The molecule has 1 aliphatic heterocycles. The number of nitrogens with one attached hydrogen (secondary N) is 2. The Morgan fingerprint density at radius 3 is 2.73 bits per heavy atom. The van der Waals surface area contributed by atoms with Gasteiger partial charge in [-0.1, -0.05) is 0 Å². The number of aromatic nitrogens is 1. The second-order valence-electron chi connectivity index (χ2n) is 7.86. The first kappa shape index (κ1) is 20.1. The summed E-state index contributed by atoms with van der Waals surface area (Å²) in [7, 11) is 0. The van der Waals surface area contributed by atoms with Crippen molar-refractivity contribution in [1.29, 1.82) is 0 Å². The zero-order chi connectivity index (χ0) is 21.6. The van der Waals surface area contributed by atoms with Crippen LogP contribution in [0.4, 0.5) is 18.9 Å². The molecule has 0 bridgehead atoms. The van der Waals surface area contributed by atoms with Crippen molar-refractivity contribution in [2.75, 3.05) is 18.4 Å². The van der Waals surface area contributed by atoms with Crippen LogP contribution in [-0.4, -0.2) is 47.0 Å². The van der Waals surface area contributed by atoms with E-state index in [0.717, 1.165) is 5.56 Å². The van der Waals surface area contributed by atoms with Crippen molar-refractivity contribution in [3.63, 3.8) is 0 Å². The number of amides is 2. The smallest absolute Gasteiger partial charge is 0.380 e. The summed E-state index contributed by atoms with van der Waals surface area (Å²) in [4.78, 5) is 28.2. The molecule has 2 atom stereocenters. The number of aryl methyl sites for hydroxylation is 1. The summed E-state index contributed by atoms with van der Waals surface area (Å²) >= 11 is 0. The van der Waals surface area contributed by atoms with Gasteiger partial charge < -0.3 is 20.9 Å². The molecule has 1 saturated heterocycles. The van der Waals surface area contributed by atoms with Crippen molar-refractivity contribution >= 4 is 28.4 Å². The number of halogens is 3. The van der Waals surface area contributed by atoms with E-state index in [-0.39, 0.29) is 36.8 Å². The van der Waals surface area contributed by atoms with Gasteiger partial charge in [-0.2, -0.15) is 13.2 Å². The molecular weight excluding hydrogens is 397 g/mol. The number of nitrogens with two attached hydrogens (primary N) is 1. The molecular formula is C21H21F3N4O2. The molecule has 1 fully saturated rings. The highest BCUT2D eigenvalue weighted by atomic mass is 19.4. The van der Waals surface area contributed by atoms with Gasteiger partial charge in [-0.3, -0.25) is 9.59 Å². The standard InChI is InChI=1S/C21H21F3N4O2/c1-2-17(29)28-8-7-12(10-28)26-15-6-5-14(20(25)30)19-18(15)13-4-3-11(21(22,23)24)9-16(13)27-19/h1,5-6,11-12,26-27H,3-4,7-10H2,(H2,25,30)/t11?,12-/m0/s1. The summed E-state index contributed by atoms with van der Waals surface area (Å²) in [6, 6.07) is 3.23. The Morgan fingerprint density at radius 1 is 1.30 bits per heavy atom. The van der Waals surface area contributed by atoms with Gasteiger partial charge in [-0.15, -0.1) is 6.42 Å². The third-order valence-corrected chi connectivity index (χ3v) is 6.03. The highest BCUT2D eigenvalue weighted by Crippen LogP contribution is 2.42. The second kappa shape index (κ2) is 7.27. The van der Waals surface area contributed by atoms with E-state index in [1.807, 2.05) is 0 Å². The maximum Gasteiger partial charge on any atom is 0.392 e. The lowest BCUT2D eigenvalue weighted by Crippen LogP contribution is -2.30. The molecule has 2 amide bonds. The fraction of sp³-hybridized carbons (Fsp3) is 0.429. The molecule has 4 rings (SSSR count). The van der Waals surface area contributed by atoms with Gasteiger partial charge in [0.1, 0.15) is 0 Å². The normalized spacial score (nSPS) is 21.3. The molecule has 1 aromatic heterocycles. The van der Waals surface area contributed by atoms with Crippen LogP contribution >= 0.6 is 0 Å². The minimum atomic E-state index is -4.26. The lowest BCUT2D eigenvalue weighted by molar-refractivity contribution is -0.177. The number of anilines is 1. The van der Waals surface area contributed by atoms with Gasteiger partial charge >= 0.3 is 6.18 Å². The molecule has 9 heteroatoms. The minimum absolute atomic E-state index is 0.00241. The summed E-state index contributed by atoms with van der Waals surface area (Å²) in [5, 5.41) is 4.08. The molecule has 2 aliphatic rings. The Hall–Kier alpha value is -3.15. The summed E-state index contributed by atoms with van der Waals surface area (Å²) in [6.07, 6.45) is 1.71. The van der Waals surface area contributed by atoms with E-state index in [1.165, 1.54) is 0 Å². The van der Waals surface area contributed by atoms with Crippen LogP contribution in [0.25, 0.3) is 10.9 Å². The molecule has 1 aromatic carbocycles. The van der Waals surface area contributed by atoms with E-state index in [0.29, 0.717) is 41.8 Å². The number of carbonyl (C=O) groups is 2. The third kappa shape index (κ3) is 3.47. The molecule has 6 nitrogen and oxygen atoms in total. The Kier molecular flexibility index (Phi) is 4.88. The molecule has 2 heterocycles. The molecule has 0 spiro atoms. The first-order chi connectivity index (χ1) is 14.2. The quantitative estimate of drug-likeness (QED) is 0.669. The van der Waals surface area contributed by atoms with Crippen LogP contribution in [0.5, 0.6) is 0 Å². The van der Waals surface area contributed by atoms with Crippen molar-refractivity contribution in [3.05, 3.63) is 29.0 Å². The summed E-state index contributed by atoms with van der Waals surface area (Å²) in [5.74, 6) is -0.326. The average Bonchev–Trinajstić information content (AvgIpc) is 3.30. The molecule has 30 heavy (non-hydrogen) atoms. The van der Waals surface area contributed by atoms with E-state index < -0.39 is 18.0 Å². The number of rotatable bonds is 3. The Labute approximate surface area is 171 Å². The Bertz CT molecular complexity index is 1070. The molecule has 0 saturated carbocycles. The highest BCUT2D eigenvalue weighted by molar-refractivity contribution is 6.10. The van der Waals surface area contributed by atoms with E-state index in [4.69, 9.17) is 12.2 Å². The monoisotopic (exact) mass is 418 g/mol. The number of likely N-dealkylation sites (tertiary alicyclic amines) is 1. The number of primary amides is 1. The number of alkyl halides is 3. The predicted octanol–water partition coefficient (Wildman–Crippen LogP) is 2.58. The molecule has 0 radical (unpaired) electrons. The van der Waals surface area contributed by atoms with Gasteiger partial charge in [0.25, 0.3) is 11.8 Å². The van der Waals surface area contributed by atoms with Crippen LogP contribution < -0.4 is 11.1 Å². The average molecular weight is 418 g/mol. The number of carbonyl (C=O) groups excluding carboxylic acids is 2. The maximum atomic E-state index is 13.2. The SMILES string of the molecule is C#CC(=O)N1CC[C@H](Nc2ccc(C(N)=O)c3[nH]c4c(c23)CCC(C(F)(F)F)C4)C1. The zero-order valence-corrected chi connectivity index (χ0v) is 16.1. The topological polar surface area (TPSA) is 91.2 Å². The first-order valence-corrected chi connectivity index (χ1v) is 9.74. The molecule has 4 N–H and O–H groups in total. The van der Waals surface area contributed by atoms with Gasteiger partial charge in [0.15, 0.2) is 0 Å². The number of terminal acetylenes is 1. The Morgan fingerprint density at radius 2 is 2.07 bits per heavy atom. The number of fused-ring (bicyclic) bond motifs is 3. The van der Waals surface area contributed by atoms with Crippen LogP contribution in [0.1, 0.15) is 34.5 Å². The van der Waals surface area contributed by atoms with Crippen molar-refractivity contribution in [2.45, 2.75) is 37.9 Å². The Balaban J connectivity index is 1.71. The van der Waals surface area contributed by atoms with Gasteiger partial charge in [0, 0.05) is 35.9 Å². The van der Waals surface area contributed by atoms with Gasteiger partial charge in [0.2, 0.25) is 0 Å². The van der Waals surface area contributed by atoms with E-state index in [1.54, 1.807) is 17.0 Å². The summed E-state index contributed by atoms with van der Waals surface area (Å²) in [6.45, 7) is 0.965. The predicted molar refractivity (Wildman–Crippen MR) is 106 cm³/mol. The zero-order valence-electron chi connectivity index (χ0n) is 16.1. The number of hydrogen-bond acceptors (Lipinski definition) is 3. The third-order valence-electron chi connectivity index (χ3n) is 6.03. The molecule has 158 valence electrons. The van der Waals surface area contributed by atoms with Crippen LogP contribution in [0, 0.1) is 18.3 Å². The number of nitrogens with zero attached hydrogens (tertiary/aromatic N) is 1. The fourth-order valence-corrected chi connectivity index (χ4v) is 4.52. The molecule has 1 aliphatic carbocycles. The maximum absolute atomic E-state index is 13.2. The number of hydrogen-bond donors (Lipinski definition) is 3. The van der Waals surface area contributed by atoms with Gasteiger partial charge in [-0.05, 0) is 49.3 Å². The van der Waals surface area contributed by atoms with Gasteiger partial charge in [0.05, 0.1) is 17.0 Å². The van der Waals surface area contributed by atoms with Crippen LogP contribution in [0.15, 0.2) is 12.1 Å². The second-order valence-corrected chi connectivity index (χ2v) is 7.86. The van der Waals surface area contributed by atoms with Crippen LogP contribution in [0.3, 0.4) is 0 Å². The molecule has 1 unspecified atom stereocenters. The molecule has 2 aromatic rings. The fourth-order valence-electron chi connectivity index (χ4n) is 4.52. The highest BCUT2D eigenvalue weighted by Gasteiger charge is 2.42. The number of benzene rings is 1. The number of aromatic amines is 1. The summed E-state index contributed by atoms with van der Waals surface area (Å²) < 4.78 is 39.7. The van der Waals surface area contributed by atoms with Crippen molar-refractivity contribution in [1.82, 2.24) is 9.88 Å². The number of H-pyrrole nitrogens is 1. The largest absolute Gasteiger partial charge is 0.392 e. The van der Waals surface area contributed by atoms with E-state index in [2.05, 4.69) is 16.2 Å².